The van der Waals surface area contributed by atoms with Crippen molar-refractivity contribution in [2.75, 3.05) is 19.5 Å². The number of benzene rings is 3. The fourth-order valence-corrected chi connectivity index (χ4v) is 7.00. The SMILES string of the molecule is COc1ccc(C(=O)[C@@H]2[C@H](C(=O)c3ccccn3)[C@@]3(C(=O)Nc4ccccc43)[C@@H]3c4ccccc4C=CN23)cc1OC. The van der Waals surface area contributed by atoms with Crippen LogP contribution in [0.3, 0.4) is 0 Å². The van der Waals surface area contributed by atoms with Crippen LogP contribution in [0.4, 0.5) is 5.69 Å². The van der Waals surface area contributed by atoms with Gasteiger partial charge in [-0.05, 0) is 59.2 Å². The molecule has 0 saturated carbocycles. The van der Waals surface area contributed by atoms with Crippen LogP contribution in [0.1, 0.15) is 43.6 Å². The van der Waals surface area contributed by atoms with Gasteiger partial charge in [0.1, 0.15) is 17.2 Å². The van der Waals surface area contributed by atoms with E-state index in [0.717, 1.165) is 11.1 Å². The third kappa shape index (κ3) is 3.48. The highest BCUT2D eigenvalue weighted by atomic mass is 16.5. The molecule has 8 heteroatoms. The van der Waals surface area contributed by atoms with Crippen LogP contribution in [0, 0.1) is 5.92 Å². The lowest BCUT2D eigenvalue weighted by molar-refractivity contribution is -0.122. The molecule has 42 heavy (non-hydrogen) atoms. The van der Waals surface area contributed by atoms with E-state index >= 15 is 0 Å². The summed E-state index contributed by atoms with van der Waals surface area (Å²) < 4.78 is 10.9. The number of methoxy groups -OCH3 is 2. The first-order chi connectivity index (χ1) is 20.5. The number of ketones is 2. The van der Waals surface area contributed by atoms with Crippen molar-refractivity contribution in [2.45, 2.75) is 17.5 Å². The van der Waals surface area contributed by atoms with E-state index in [1.54, 1.807) is 42.6 Å². The Morgan fingerprint density at radius 1 is 0.881 bits per heavy atom. The highest BCUT2D eigenvalue weighted by molar-refractivity contribution is 6.16. The zero-order valence-electron chi connectivity index (χ0n) is 23.0. The lowest BCUT2D eigenvalue weighted by Gasteiger charge is -2.38. The Hall–Kier alpha value is -5.24. The maximum absolute atomic E-state index is 14.7. The number of hydrogen-bond donors (Lipinski definition) is 1. The number of hydrogen-bond acceptors (Lipinski definition) is 7. The van der Waals surface area contributed by atoms with Crippen LogP contribution >= 0.6 is 0 Å². The lowest BCUT2D eigenvalue weighted by Crippen LogP contribution is -2.49. The molecule has 3 aromatic carbocycles. The number of rotatable bonds is 6. The van der Waals surface area contributed by atoms with Crippen molar-refractivity contribution in [1.82, 2.24) is 9.88 Å². The molecule has 4 heterocycles. The zero-order chi connectivity index (χ0) is 29.0. The van der Waals surface area contributed by atoms with Crippen LogP contribution in [0.25, 0.3) is 6.08 Å². The molecule has 1 aromatic heterocycles. The van der Waals surface area contributed by atoms with E-state index in [1.165, 1.54) is 14.2 Å². The van der Waals surface area contributed by atoms with Gasteiger partial charge in [0, 0.05) is 23.6 Å². The number of nitrogens with one attached hydrogen (secondary N) is 1. The van der Waals surface area contributed by atoms with Gasteiger partial charge in [-0.2, -0.15) is 0 Å². The minimum Gasteiger partial charge on any atom is -0.493 e. The number of fused-ring (bicyclic) bond motifs is 6. The number of aromatic nitrogens is 1. The van der Waals surface area contributed by atoms with Gasteiger partial charge in [-0.1, -0.05) is 48.5 Å². The first-order valence-electron chi connectivity index (χ1n) is 13.7. The molecular formula is C34H27N3O5. The maximum atomic E-state index is 14.7. The second-order valence-corrected chi connectivity index (χ2v) is 10.6. The number of amides is 1. The van der Waals surface area contributed by atoms with E-state index in [4.69, 9.17) is 9.47 Å². The quantitative estimate of drug-likeness (QED) is 0.330. The zero-order valence-corrected chi connectivity index (χ0v) is 23.0. The van der Waals surface area contributed by atoms with Crippen molar-refractivity contribution >= 4 is 29.2 Å². The summed E-state index contributed by atoms with van der Waals surface area (Å²) in [6.45, 7) is 0. The molecule has 1 saturated heterocycles. The molecular weight excluding hydrogens is 530 g/mol. The molecule has 0 bridgehead atoms. The predicted molar refractivity (Wildman–Crippen MR) is 157 cm³/mol. The number of Topliss-reactive ketones (excluding diaryl/α,β-unsaturated/α-hetero) is 2. The molecule has 1 fully saturated rings. The van der Waals surface area contributed by atoms with Crippen LogP contribution < -0.4 is 14.8 Å². The molecule has 3 aliphatic heterocycles. The smallest absolute Gasteiger partial charge is 0.238 e. The van der Waals surface area contributed by atoms with Crippen molar-refractivity contribution in [3.8, 4) is 11.5 Å². The van der Waals surface area contributed by atoms with Crippen molar-refractivity contribution in [2.24, 2.45) is 5.92 Å². The van der Waals surface area contributed by atoms with Crippen molar-refractivity contribution in [3.05, 3.63) is 125 Å². The van der Waals surface area contributed by atoms with Gasteiger partial charge in [0.05, 0.1) is 26.2 Å². The summed E-state index contributed by atoms with van der Waals surface area (Å²) in [5.41, 5.74) is 2.24. The molecule has 4 atom stereocenters. The first-order valence-corrected chi connectivity index (χ1v) is 13.7. The summed E-state index contributed by atoms with van der Waals surface area (Å²) >= 11 is 0. The Bertz CT molecular complexity index is 1790. The van der Waals surface area contributed by atoms with Crippen LogP contribution in [-0.4, -0.2) is 47.6 Å². The van der Waals surface area contributed by atoms with Gasteiger partial charge in [-0.15, -0.1) is 0 Å². The molecule has 8 nitrogen and oxygen atoms in total. The summed E-state index contributed by atoms with van der Waals surface area (Å²) in [6, 6.07) is 23.6. The second kappa shape index (κ2) is 9.69. The van der Waals surface area contributed by atoms with Gasteiger partial charge < -0.3 is 19.7 Å². The number of ether oxygens (including phenoxy) is 2. The molecule has 1 amide bonds. The molecule has 4 aromatic rings. The van der Waals surface area contributed by atoms with Gasteiger partial charge in [0.2, 0.25) is 5.91 Å². The summed E-state index contributed by atoms with van der Waals surface area (Å²) in [4.78, 5) is 50.1. The third-order valence-corrected chi connectivity index (χ3v) is 8.71. The van der Waals surface area contributed by atoms with Gasteiger partial charge in [0.25, 0.3) is 0 Å². The normalized spacial score (nSPS) is 23.1. The van der Waals surface area contributed by atoms with Crippen molar-refractivity contribution < 1.29 is 23.9 Å². The number of pyridine rings is 1. The number of anilines is 1. The van der Waals surface area contributed by atoms with Gasteiger partial charge in [0.15, 0.2) is 23.1 Å². The number of carbonyl (C=O) groups excluding carboxylic acids is 3. The Labute approximate surface area is 242 Å². The van der Waals surface area contributed by atoms with Gasteiger partial charge in [-0.25, -0.2) is 0 Å². The number of nitrogens with zero attached hydrogens (tertiary/aromatic N) is 2. The largest absolute Gasteiger partial charge is 0.493 e. The monoisotopic (exact) mass is 557 g/mol. The summed E-state index contributed by atoms with van der Waals surface area (Å²) in [5, 5.41) is 3.05. The van der Waals surface area contributed by atoms with E-state index < -0.39 is 23.4 Å². The minimum absolute atomic E-state index is 0.196. The average Bonchev–Trinajstić information content (AvgIpc) is 3.52. The second-order valence-electron chi connectivity index (χ2n) is 10.6. The predicted octanol–water partition coefficient (Wildman–Crippen LogP) is 5.08. The van der Waals surface area contributed by atoms with Crippen LogP contribution in [0.15, 0.2) is 97.3 Å². The van der Waals surface area contributed by atoms with E-state index in [1.807, 2.05) is 65.7 Å². The Morgan fingerprint density at radius 2 is 1.64 bits per heavy atom. The molecule has 1 spiro atoms. The van der Waals surface area contributed by atoms with Crippen LogP contribution in [0.5, 0.6) is 11.5 Å². The van der Waals surface area contributed by atoms with Crippen LogP contribution in [0.2, 0.25) is 0 Å². The maximum Gasteiger partial charge on any atom is 0.238 e. The summed E-state index contributed by atoms with van der Waals surface area (Å²) in [7, 11) is 3.03. The standard InChI is InChI=1S/C34H27N3O5/c1-41-26-15-14-21(19-27(26)42-2)30(38)29-28(31(39)25-13-7-8-17-35-25)34(23-11-5-6-12-24(23)36-33(34)40)32-22-10-4-3-9-20(22)16-18-37(29)32/h3-19,28-29,32H,1-2H3,(H,36,40)/t28-,29+,32+,34-/m1/s1. The highest BCUT2D eigenvalue weighted by Gasteiger charge is 2.70. The summed E-state index contributed by atoms with van der Waals surface area (Å²) in [5.74, 6) is -1.23. The first kappa shape index (κ1) is 25.7. The van der Waals surface area contributed by atoms with E-state index in [9.17, 15) is 14.4 Å². The third-order valence-electron chi connectivity index (χ3n) is 8.71. The van der Waals surface area contributed by atoms with Gasteiger partial charge >= 0.3 is 0 Å². The lowest BCUT2D eigenvalue weighted by atomic mass is 9.63. The Balaban J connectivity index is 1.52. The fourth-order valence-electron chi connectivity index (χ4n) is 7.00. The van der Waals surface area contributed by atoms with E-state index in [2.05, 4.69) is 10.3 Å². The Morgan fingerprint density at radius 3 is 2.43 bits per heavy atom. The number of para-hydroxylation sites is 1. The number of carbonyl (C=O) groups is 3. The molecule has 1 N–H and O–H groups in total. The van der Waals surface area contributed by atoms with Crippen LogP contribution in [-0.2, 0) is 10.2 Å². The van der Waals surface area contributed by atoms with Crippen molar-refractivity contribution in [3.63, 3.8) is 0 Å². The average molecular weight is 558 g/mol. The molecule has 7 rings (SSSR count). The topological polar surface area (TPSA) is 97.8 Å². The molecule has 0 unspecified atom stereocenters. The highest BCUT2D eigenvalue weighted by Crippen LogP contribution is 2.62. The molecule has 0 radical (unpaired) electrons. The fraction of sp³-hybridized carbons (Fsp3) is 0.176. The Kier molecular flexibility index (Phi) is 5.93. The molecule has 0 aliphatic carbocycles. The molecule has 3 aliphatic rings. The minimum atomic E-state index is -1.41. The van der Waals surface area contributed by atoms with E-state index in [0.29, 0.717) is 28.3 Å². The summed E-state index contributed by atoms with van der Waals surface area (Å²) in [6.07, 6.45) is 5.32. The molecule has 208 valence electrons. The van der Waals surface area contributed by atoms with E-state index in [-0.39, 0.29) is 23.2 Å². The van der Waals surface area contributed by atoms with Gasteiger partial charge in [-0.3, -0.25) is 19.4 Å². The van der Waals surface area contributed by atoms with Crippen molar-refractivity contribution in [1.29, 1.82) is 0 Å².